The van der Waals surface area contributed by atoms with E-state index in [1.165, 1.54) is 6.42 Å². The Labute approximate surface area is 139 Å². The van der Waals surface area contributed by atoms with Crippen LogP contribution in [0.25, 0.3) is 0 Å². The average Bonchev–Trinajstić information content (AvgIpc) is 2.55. The fraction of sp³-hybridized carbons (Fsp3) is 0.632. The highest BCUT2D eigenvalue weighted by Crippen LogP contribution is 2.24. The summed E-state index contributed by atoms with van der Waals surface area (Å²) in [4.78, 5) is 17.2. The molecular formula is C19H28N2O2. The lowest BCUT2D eigenvalue weighted by atomic mass is 9.92. The molecule has 0 saturated carbocycles. The fourth-order valence-corrected chi connectivity index (χ4v) is 3.90. The standard InChI is InChI=1S/C19H28N2O2/c1-15-4-3-9-21(13-15)19(23)17-7-10-20(11-8-17)14-16-5-2-6-18(22)12-16/h2,5-6,12,15,17,22H,3-4,7-11,13-14H2,1H3/t15-/m1/s1. The Bertz CT molecular complexity index is 538. The van der Waals surface area contributed by atoms with E-state index in [1.807, 2.05) is 18.2 Å². The van der Waals surface area contributed by atoms with E-state index in [0.29, 0.717) is 17.6 Å². The van der Waals surface area contributed by atoms with Crippen LogP contribution in [0.5, 0.6) is 5.75 Å². The zero-order valence-electron chi connectivity index (χ0n) is 14.1. The Morgan fingerprint density at radius 3 is 2.70 bits per heavy atom. The molecule has 126 valence electrons. The summed E-state index contributed by atoms with van der Waals surface area (Å²) in [7, 11) is 0. The molecule has 0 aliphatic carbocycles. The van der Waals surface area contributed by atoms with Crippen molar-refractivity contribution in [3.05, 3.63) is 29.8 Å². The van der Waals surface area contributed by atoms with Gasteiger partial charge in [0.15, 0.2) is 0 Å². The monoisotopic (exact) mass is 316 g/mol. The zero-order chi connectivity index (χ0) is 16.2. The van der Waals surface area contributed by atoms with Crippen LogP contribution in [0.1, 0.15) is 38.2 Å². The van der Waals surface area contributed by atoms with Crippen molar-refractivity contribution in [1.29, 1.82) is 0 Å². The quantitative estimate of drug-likeness (QED) is 0.932. The van der Waals surface area contributed by atoms with Crippen LogP contribution >= 0.6 is 0 Å². The molecule has 0 radical (unpaired) electrons. The van der Waals surface area contributed by atoms with Gasteiger partial charge in [-0.25, -0.2) is 0 Å². The molecule has 1 aromatic rings. The summed E-state index contributed by atoms with van der Waals surface area (Å²) < 4.78 is 0. The molecule has 0 spiro atoms. The maximum absolute atomic E-state index is 12.7. The molecule has 3 rings (SSSR count). The summed E-state index contributed by atoms with van der Waals surface area (Å²) in [5, 5.41) is 9.55. The smallest absolute Gasteiger partial charge is 0.225 e. The topological polar surface area (TPSA) is 43.8 Å². The lowest BCUT2D eigenvalue weighted by molar-refractivity contribution is -0.138. The molecule has 2 aliphatic rings. The fourth-order valence-electron chi connectivity index (χ4n) is 3.90. The van der Waals surface area contributed by atoms with Gasteiger partial charge < -0.3 is 10.0 Å². The van der Waals surface area contributed by atoms with Crippen LogP contribution in [-0.4, -0.2) is 47.0 Å². The number of nitrogens with zero attached hydrogens (tertiary/aromatic N) is 2. The Balaban J connectivity index is 1.49. The van der Waals surface area contributed by atoms with E-state index in [4.69, 9.17) is 0 Å². The van der Waals surface area contributed by atoms with Crippen LogP contribution in [-0.2, 0) is 11.3 Å². The molecule has 2 heterocycles. The van der Waals surface area contributed by atoms with Crippen LogP contribution in [0, 0.1) is 11.8 Å². The molecular weight excluding hydrogens is 288 g/mol. The second kappa shape index (κ2) is 7.35. The summed E-state index contributed by atoms with van der Waals surface area (Å²) in [5.41, 5.74) is 1.14. The van der Waals surface area contributed by atoms with Gasteiger partial charge in [0.25, 0.3) is 0 Å². The van der Waals surface area contributed by atoms with Crippen molar-refractivity contribution < 1.29 is 9.90 Å². The number of phenolic OH excluding ortho intramolecular Hbond substituents is 1. The first kappa shape index (κ1) is 16.3. The molecule has 1 amide bonds. The van der Waals surface area contributed by atoms with E-state index >= 15 is 0 Å². The third-order valence-corrected chi connectivity index (χ3v) is 5.22. The van der Waals surface area contributed by atoms with Gasteiger partial charge in [0, 0.05) is 25.6 Å². The van der Waals surface area contributed by atoms with Gasteiger partial charge >= 0.3 is 0 Å². The minimum atomic E-state index is 0.209. The number of benzene rings is 1. The van der Waals surface area contributed by atoms with Crippen molar-refractivity contribution in [2.24, 2.45) is 11.8 Å². The highest BCUT2D eigenvalue weighted by Gasteiger charge is 2.30. The van der Waals surface area contributed by atoms with Gasteiger partial charge in [-0.3, -0.25) is 9.69 Å². The minimum absolute atomic E-state index is 0.209. The second-order valence-corrected chi connectivity index (χ2v) is 7.25. The third kappa shape index (κ3) is 4.25. The number of piperidine rings is 2. The van der Waals surface area contributed by atoms with Crippen molar-refractivity contribution in [3.8, 4) is 5.75 Å². The molecule has 0 unspecified atom stereocenters. The predicted molar refractivity (Wildman–Crippen MR) is 91.1 cm³/mol. The Kier molecular flexibility index (Phi) is 5.21. The number of hydrogen-bond acceptors (Lipinski definition) is 3. The van der Waals surface area contributed by atoms with E-state index < -0.39 is 0 Å². The first-order chi connectivity index (χ1) is 11.1. The Morgan fingerprint density at radius 2 is 2.00 bits per heavy atom. The lowest BCUT2D eigenvalue weighted by Crippen LogP contribution is -2.45. The molecule has 0 bridgehead atoms. The highest BCUT2D eigenvalue weighted by atomic mass is 16.3. The van der Waals surface area contributed by atoms with Crippen LogP contribution in [0.15, 0.2) is 24.3 Å². The number of carbonyl (C=O) groups is 1. The third-order valence-electron chi connectivity index (χ3n) is 5.22. The van der Waals surface area contributed by atoms with E-state index in [0.717, 1.165) is 57.5 Å². The molecule has 1 N–H and O–H groups in total. The van der Waals surface area contributed by atoms with E-state index in [9.17, 15) is 9.90 Å². The highest BCUT2D eigenvalue weighted by molar-refractivity contribution is 5.79. The maximum Gasteiger partial charge on any atom is 0.225 e. The van der Waals surface area contributed by atoms with Crippen LogP contribution in [0.4, 0.5) is 0 Å². The molecule has 1 aromatic carbocycles. The van der Waals surface area contributed by atoms with Gasteiger partial charge in [0.2, 0.25) is 5.91 Å². The number of rotatable bonds is 3. The molecule has 2 saturated heterocycles. The molecule has 4 heteroatoms. The molecule has 23 heavy (non-hydrogen) atoms. The van der Waals surface area contributed by atoms with Crippen molar-refractivity contribution >= 4 is 5.91 Å². The van der Waals surface area contributed by atoms with Gasteiger partial charge in [0.05, 0.1) is 0 Å². The van der Waals surface area contributed by atoms with Crippen molar-refractivity contribution in [1.82, 2.24) is 9.80 Å². The molecule has 2 aliphatic heterocycles. The van der Waals surface area contributed by atoms with E-state index in [1.54, 1.807) is 6.07 Å². The minimum Gasteiger partial charge on any atom is -0.508 e. The Hall–Kier alpha value is -1.55. The molecule has 0 aromatic heterocycles. The average molecular weight is 316 g/mol. The van der Waals surface area contributed by atoms with Gasteiger partial charge in [-0.05, 0) is 62.4 Å². The number of carbonyl (C=O) groups excluding carboxylic acids is 1. The van der Waals surface area contributed by atoms with Crippen LogP contribution < -0.4 is 0 Å². The molecule has 4 nitrogen and oxygen atoms in total. The molecule has 2 fully saturated rings. The van der Waals surface area contributed by atoms with E-state index in [-0.39, 0.29) is 5.92 Å². The first-order valence-electron chi connectivity index (χ1n) is 8.91. The summed E-state index contributed by atoms with van der Waals surface area (Å²) in [5.74, 6) is 1.57. The number of hydrogen-bond donors (Lipinski definition) is 1. The van der Waals surface area contributed by atoms with Crippen LogP contribution in [0.2, 0.25) is 0 Å². The first-order valence-corrected chi connectivity index (χ1v) is 8.91. The summed E-state index contributed by atoms with van der Waals surface area (Å²) in [6, 6.07) is 7.46. The lowest BCUT2D eigenvalue weighted by Gasteiger charge is -2.37. The maximum atomic E-state index is 12.7. The van der Waals surface area contributed by atoms with Crippen molar-refractivity contribution in [2.75, 3.05) is 26.2 Å². The largest absolute Gasteiger partial charge is 0.508 e. The summed E-state index contributed by atoms with van der Waals surface area (Å²) >= 11 is 0. The zero-order valence-corrected chi connectivity index (χ0v) is 14.1. The summed E-state index contributed by atoms with van der Waals surface area (Å²) in [6.07, 6.45) is 4.33. The van der Waals surface area contributed by atoms with Crippen molar-refractivity contribution in [2.45, 2.75) is 39.2 Å². The number of aromatic hydroxyl groups is 1. The van der Waals surface area contributed by atoms with E-state index in [2.05, 4.69) is 16.7 Å². The van der Waals surface area contributed by atoms with Gasteiger partial charge in [-0.1, -0.05) is 19.1 Å². The van der Waals surface area contributed by atoms with Crippen LogP contribution in [0.3, 0.4) is 0 Å². The normalized spacial score (nSPS) is 23.9. The predicted octanol–water partition coefficient (Wildman–Crippen LogP) is 2.86. The van der Waals surface area contributed by atoms with Gasteiger partial charge in [0.1, 0.15) is 5.75 Å². The van der Waals surface area contributed by atoms with Crippen molar-refractivity contribution in [3.63, 3.8) is 0 Å². The van der Waals surface area contributed by atoms with Gasteiger partial charge in [-0.15, -0.1) is 0 Å². The number of likely N-dealkylation sites (tertiary alicyclic amines) is 2. The SMILES string of the molecule is C[C@@H]1CCCN(C(=O)C2CCN(Cc3cccc(O)c3)CC2)C1. The number of phenols is 1. The second-order valence-electron chi connectivity index (χ2n) is 7.25. The summed E-state index contributed by atoms with van der Waals surface area (Å²) in [6.45, 7) is 6.94. The Morgan fingerprint density at radius 1 is 1.22 bits per heavy atom. The number of amides is 1. The molecule has 1 atom stereocenters. The van der Waals surface area contributed by atoms with Gasteiger partial charge in [-0.2, -0.15) is 0 Å².